The number of anilines is 1. The summed E-state index contributed by atoms with van der Waals surface area (Å²) in [5.74, 6) is -1.40. The fraction of sp³-hybridized carbons (Fsp3) is 0.429. The van der Waals surface area contributed by atoms with E-state index in [1.165, 1.54) is 23.1 Å². The molecular formula is C14H18BrFN2O3. The van der Waals surface area contributed by atoms with Crippen LogP contribution in [0.2, 0.25) is 0 Å². The monoisotopic (exact) mass is 360 g/mol. The second-order valence-electron chi connectivity index (χ2n) is 5.53. The third kappa shape index (κ3) is 5.34. The highest BCUT2D eigenvalue weighted by Gasteiger charge is 2.27. The summed E-state index contributed by atoms with van der Waals surface area (Å²) >= 11 is 3.04. The van der Waals surface area contributed by atoms with E-state index >= 15 is 0 Å². The molecule has 7 heteroatoms. The zero-order valence-corrected chi connectivity index (χ0v) is 13.7. The van der Waals surface area contributed by atoms with E-state index in [0.29, 0.717) is 5.69 Å². The van der Waals surface area contributed by atoms with Crippen LogP contribution in [0.15, 0.2) is 22.7 Å². The Labute approximate surface area is 131 Å². The minimum Gasteiger partial charge on any atom is -0.481 e. The summed E-state index contributed by atoms with van der Waals surface area (Å²) in [5, 5.41) is 11.4. The number of aliphatic carboxylic acids is 1. The Kier molecular flexibility index (Phi) is 5.71. The van der Waals surface area contributed by atoms with E-state index in [2.05, 4.69) is 21.2 Å². The summed E-state index contributed by atoms with van der Waals surface area (Å²) in [6.45, 7) is 5.53. The highest BCUT2D eigenvalue weighted by molar-refractivity contribution is 9.10. The van der Waals surface area contributed by atoms with Crippen LogP contribution in [0.4, 0.5) is 14.9 Å². The minimum atomic E-state index is -0.971. The van der Waals surface area contributed by atoms with E-state index in [1.54, 1.807) is 0 Å². The average Bonchev–Trinajstić information content (AvgIpc) is 2.32. The molecule has 0 heterocycles. The molecule has 0 aliphatic rings. The number of benzene rings is 1. The fourth-order valence-electron chi connectivity index (χ4n) is 1.71. The molecule has 1 rings (SSSR count). The second-order valence-corrected chi connectivity index (χ2v) is 6.38. The van der Waals surface area contributed by atoms with E-state index in [9.17, 15) is 14.0 Å². The normalized spacial score (nSPS) is 11.1. The molecule has 2 amide bonds. The number of hydrogen-bond acceptors (Lipinski definition) is 2. The van der Waals surface area contributed by atoms with Crippen LogP contribution in [-0.2, 0) is 4.79 Å². The quantitative estimate of drug-likeness (QED) is 0.859. The molecular weight excluding hydrogens is 343 g/mol. The van der Waals surface area contributed by atoms with Gasteiger partial charge in [-0.15, -0.1) is 0 Å². The number of carboxylic acids is 1. The number of nitrogens with zero attached hydrogens (tertiary/aromatic N) is 1. The van der Waals surface area contributed by atoms with E-state index in [-0.39, 0.29) is 17.4 Å². The van der Waals surface area contributed by atoms with Crippen molar-refractivity contribution in [2.75, 3.05) is 11.9 Å². The average molecular weight is 361 g/mol. The summed E-state index contributed by atoms with van der Waals surface area (Å²) in [6, 6.07) is 3.70. The number of halogens is 2. The first-order valence-corrected chi connectivity index (χ1v) is 7.16. The summed E-state index contributed by atoms with van der Waals surface area (Å²) in [4.78, 5) is 24.4. The maximum Gasteiger partial charge on any atom is 0.322 e. The number of rotatable bonds is 4. The highest BCUT2D eigenvalue weighted by atomic mass is 79.9. The molecule has 1 aromatic carbocycles. The van der Waals surface area contributed by atoms with Gasteiger partial charge in [0.1, 0.15) is 5.82 Å². The zero-order chi connectivity index (χ0) is 16.2. The van der Waals surface area contributed by atoms with E-state index in [1.807, 2.05) is 20.8 Å². The number of amides is 2. The lowest BCUT2D eigenvalue weighted by Crippen LogP contribution is -2.48. The Bertz CT molecular complexity index is 544. The molecule has 21 heavy (non-hydrogen) atoms. The molecule has 0 saturated heterocycles. The Balaban J connectivity index is 2.85. The predicted octanol–water partition coefficient (Wildman–Crippen LogP) is 3.70. The maximum absolute atomic E-state index is 13.2. The van der Waals surface area contributed by atoms with Crippen LogP contribution >= 0.6 is 15.9 Å². The molecule has 0 fully saturated rings. The lowest BCUT2D eigenvalue weighted by molar-refractivity contribution is -0.137. The molecule has 0 aromatic heterocycles. The van der Waals surface area contributed by atoms with E-state index in [4.69, 9.17) is 5.11 Å². The van der Waals surface area contributed by atoms with Gasteiger partial charge in [-0.25, -0.2) is 9.18 Å². The first-order chi connectivity index (χ1) is 9.61. The molecule has 2 N–H and O–H groups in total. The van der Waals surface area contributed by atoms with Gasteiger partial charge in [0.05, 0.1) is 10.9 Å². The van der Waals surface area contributed by atoms with Crippen molar-refractivity contribution in [3.63, 3.8) is 0 Å². The number of hydrogen-bond donors (Lipinski definition) is 2. The number of carbonyl (C=O) groups excluding carboxylic acids is 1. The lowest BCUT2D eigenvalue weighted by Gasteiger charge is -2.35. The third-order valence-corrected chi connectivity index (χ3v) is 3.38. The van der Waals surface area contributed by atoms with Crippen molar-refractivity contribution in [2.24, 2.45) is 0 Å². The number of urea groups is 1. The van der Waals surface area contributed by atoms with Crippen LogP contribution in [0.25, 0.3) is 0 Å². The summed E-state index contributed by atoms with van der Waals surface area (Å²) in [5.41, 5.74) is -0.102. The standard InChI is InChI=1S/C14H18BrFN2O3/c1-14(2,3)18(7-6-12(19)20)13(21)17-9-4-5-11(16)10(15)8-9/h4-5,8H,6-7H2,1-3H3,(H,17,21)(H,19,20). The molecule has 5 nitrogen and oxygen atoms in total. The van der Waals surface area contributed by atoms with Crippen LogP contribution < -0.4 is 5.32 Å². The predicted molar refractivity (Wildman–Crippen MR) is 81.8 cm³/mol. The van der Waals surface area contributed by atoms with Crippen LogP contribution in [0.1, 0.15) is 27.2 Å². The minimum absolute atomic E-state index is 0.0903. The second kappa shape index (κ2) is 6.89. The molecule has 0 bridgehead atoms. The van der Waals surface area contributed by atoms with Crippen molar-refractivity contribution in [2.45, 2.75) is 32.7 Å². The first-order valence-electron chi connectivity index (χ1n) is 6.36. The molecule has 0 unspecified atom stereocenters. The smallest absolute Gasteiger partial charge is 0.322 e. The molecule has 0 aliphatic heterocycles. The van der Waals surface area contributed by atoms with Crippen molar-refractivity contribution in [3.05, 3.63) is 28.5 Å². The Morgan fingerprint density at radius 2 is 2.00 bits per heavy atom. The van der Waals surface area contributed by atoms with Gasteiger partial charge in [0, 0.05) is 17.8 Å². The molecule has 0 spiro atoms. The molecule has 116 valence electrons. The number of carboxylic acid groups (broad SMARTS) is 1. The van der Waals surface area contributed by atoms with Gasteiger partial charge in [0.2, 0.25) is 0 Å². The van der Waals surface area contributed by atoms with Gasteiger partial charge in [-0.05, 0) is 54.9 Å². The number of nitrogens with one attached hydrogen (secondary N) is 1. The van der Waals surface area contributed by atoms with E-state index < -0.39 is 23.4 Å². The van der Waals surface area contributed by atoms with Gasteiger partial charge in [-0.2, -0.15) is 0 Å². The Morgan fingerprint density at radius 3 is 2.48 bits per heavy atom. The maximum atomic E-state index is 13.2. The van der Waals surface area contributed by atoms with Crippen LogP contribution in [0.3, 0.4) is 0 Å². The Morgan fingerprint density at radius 1 is 1.38 bits per heavy atom. The zero-order valence-electron chi connectivity index (χ0n) is 12.1. The Hall–Kier alpha value is -1.63. The number of carbonyl (C=O) groups is 2. The summed E-state index contributed by atoms with van der Waals surface area (Å²) in [7, 11) is 0. The van der Waals surface area contributed by atoms with Gasteiger partial charge in [-0.3, -0.25) is 4.79 Å². The van der Waals surface area contributed by atoms with Crippen molar-refractivity contribution < 1.29 is 19.1 Å². The molecule has 1 aromatic rings. The van der Waals surface area contributed by atoms with Crippen molar-refractivity contribution in [1.29, 1.82) is 0 Å². The SMILES string of the molecule is CC(C)(C)N(CCC(=O)O)C(=O)Nc1ccc(F)c(Br)c1. The lowest BCUT2D eigenvalue weighted by atomic mass is 10.1. The largest absolute Gasteiger partial charge is 0.481 e. The van der Waals surface area contributed by atoms with Crippen molar-refractivity contribution in [3.8, 4) is 0 Å². The van der Waals surface area contributed by atoms with Crippen LogP contribution in [-0.4, -0.2) is 34.1 Å². The fourth-order valence-corrected chi connectivity index (χ4v) is 2.09. The topological polar surface area (TPSA) is 69.6 Å². The molecule has 0 radical (unpaired) electrons. The summed E-state index contributed by atoms with van der Waals surface area (Å²) < 4.78 is 13.4. The van der Waals surface area contributed by atoms with Crippen LogP contribution in [0.5, 0.6) is 0 Å². The highest BCUT2D eigenvalue weighted by Crippen LogP contribution is 2.21. The van der Waals surface area contributed by atoms with Gasteiger partial charge in [0.25, 0.3) is 0 Å². The molecule has 0 aliphatic carbocycles. The van der Waals surface area contributed by atoms with Gasteiger partial charge >= 0.3 is 12.0 Å². The van der Waals surface area contributed by atoms with Gasteiger partial charge < -0.3 is 15.3 Å². The first kappa shape index (κ1) is 17.4. The molecule has 0 atom stereocenters. The van der Waals surface area contributed by atoms with Crippen molar-refractivity contribution >= 4 is 33.6 Å². The van der Waals surface area contributed by atoms with Gasteiger partial charge in [0.15, 0.2) is 0 Å². The van der Waals surface area contributed by atoms with Crippen molar-refractivity contribution in [1.82, 2.24) is 4.90 Å². The summed E-state index contributed by atoms with van der Waals surface area (Å²) in [6.07, 6.45) is -0.141. The van der Waals surface area contributed by atoms with Gasteiger partial charge in [-0.1, -0.05) is 0 Å². The van der Waals surface area contributed by atoms with Crippen LogP contribution in [0, 0.1) is 5.82 Å². The third-order valence-electron chi connectivity index (χ3n) is 2.78. The molecule has 0 saturated carbocycles. The van der Waals surface area contributed by atoms with E-state index in [0.717, 1.165) is 0 Å².